The van der Waals surface area contributed by atoms with Crippen LogP contribution < -0.4 is 0 Å². The topological polar surface area (TPSA) is 166 Å². The molecule has 3 aliphatic carbocycles. The number of fused-ring (bicyclic) bond motifs is 5. The van der Waals surface area contributed by atoms with Crippen molar-refractivity contribution < 1.29 is 53.4 Å². The second kappa shape index (κ2) is 9.97. The van der Waals surface area contributed by atoms with Gasteiger partial charge in [-0.25, -0.2) is 4.79 Å². The molecule has 1 aliphatic heterocycles. The quantitative estimate of drug-likeness (QED) is 0.267. The van der Waals surface area contributed by atoms with E-state index in [1.807, 2.05) is 0 Å². The van der Waals surface area contributed by atoms with Crippen LogP contribution in [0.5, 0.6) is 0 Å². The molecule has 1 aromatic rings. The fraction of sp³-hybridized carbons (Fsp3) is 0.613. The van der Waals surface area contributed by atoms with Gasteiger partial charge in [-0.3, -0.25) is 14.4 Å². The highest BCUT2D eigenvalue weighted by molar-refractivity contribution is 5.94. The molecule has 4 aliphatic rings. The van der Waals surface area contributed by atoms with Gasteiger partial charge >= 0.3 is 17.9 Å². The van der Waals surface area contributed by atoms with Gasteiger partial charge in [-0.05, 0) is 37.1 Å². The zero-order valence-corrected chi connectivity index (χ0v) is 24.6. The van der Waals surface area contributed by atoms with E-state index in [0.29, 0.717) is 5.57 Å². The molecule has 11 heteroatoms. The van der Waals surface area contributed by atoms with E-state index >= 15 is 0 Å². The zero-order chi connectivity index (χ0) is 31.0. The van der Waals surface area contributed by atoms with Crippen LogP contribution in [0, 0.1) is 16.7 Å². The monoisotopic (exact) mass is 586 g/mol. The fourth-order valence-corrected chi connectivity index (χ4v) is 8.12. The van der Waals surface area contributed by atoms with Gasteiger partial charge in [0.05, 0.1) is 35.7 Å². The largest absolute Gasteiger partial charge is 0.454 e. The normalized spacial score (nSPS) is 40.4. The fourth-order valence-electron chi connectivity index (χ4n) is 8.12. The van der Waals surface area contributed by atoms with E-state index in [9.17, 15) is 34.5 Å². The van der Waals surface area contributed by atoms with Gasteiger partial charge in [0.25, 0.3) is 0 Å². The van der Waals surface area contributed by atoms with Crippen molar-refractivity contribution in [2.75, 3.05) is 6.61 Å². The van der Waals surface area contributed by atoms with Gasteiger partial charge < -0.3 is 34.3 Å². The van der Waals surface area contributed by atoms with Crippen LogP contribution in [0.15, 0.2) is 41.5 Å². The molecule has 3 N–H and O–H groups in total. The number of ether oxygens (including phenoxy) is 4. The SMILES string of the molecule is CC(=O)O[C@@]12CO[C@H]1C[C@H](O)[C@]1(C)C(=O)[C@H](O)C3=C(C)[C@@H](O)C[C@@](OC(C)=O)([C@@H](OC(=O)c4ccccc4)C21)C3(C)C. The number of aliphatic hydroxyl groups excluding tert-OH is 3. The van der Waals surface area contributed by atoms with Gasteiger partial charge in [0.15, 0.2) is 23.1 Å². The first-order valence-electron chi connectivity index (χ1n) is 14.1. The molecule has 0 spiro atoms. The minimum Gasteiger partial charge on any atom is -0.454 e. The van der Waals surface area contributed by atoms with Gasteiger partial charge in [0, 0.05) is 32.1 Å². The summed E-state index contributed by atoms with van der Waals surface area (Å²) in [4.78, 5) is 53.8. The number of esters is 3. The zero-order valence-electron chi connectivity index (χ0n) is 24.6. The Morgan fingerprint density at radius 2 is 1.60 bits per heavy atom. The number of Topliss-reactive ketones (excluding diaryl/α,β-unsaturated/α-hetero) is 1. The number of benzene rings is 1. The van der Waals surface area contributed by atoms with E-state index in [0.717, 1.165) is 0 Å². The Hall–Kier alpha value is -3.12. The van der Waals surface area contributed by atoms with Crippen molar-refractivity contribution in [3.05, 3.63) is 47.0 Å². The summed E-state index contributed by atoms with van der Waals surface area (Å²) in [6.45, 7) is 8.48. The molecule has 228 valence electrons. The van der Waals surface area contributed by atoms with E-state index in [1.54, 1.807) is 39.0 Å². The van der Waals surface area contributed by atoms with Crippen molar-refractivity contribution >= 4 is 23.7 Å². The maximum Gasteiger partial charge on any atom is 0.338 e. The van der Waals surface area contributed by atoms with Crippen LogP contribution in [0.4, 0.5) is 0 Å². The number of ketones is 1. The molecule has 2 saturated carbocycles. The number of carbonyl (C=O) groups is 4. The molecule has 1 saturated heterocycles. The van der Waals surface area contributed by atoms with E-state index in [4.69, 9.17) is 18.9 Å². The Morgan fingerprint density at radius 3 is 2.14 bits per heavy atom. The summed E-state index contributed by atoms with van der Waals surface area (Å²) in [6.07, 6.45) is -7.40. The van der Waals surface area contributed by atoms with Crippen molar-refractivity contribution in [3.8, 4) is 0 Å². The molecule has 42 heavy (non-hydrogen) atoms. The molecule has 5 rings (SSSR count). The van der Waals surface area contributed by atoms with Crippen molar-refractivity contribution in [2.24, 2.45) is 16.7 Å². The predicted molar refractivity (Wildman–Crippen MR) is 145 cm³/mol. The summed E-state index contributed by atoms with van der Waals surface area (Å²) >= 11 is 0. The van der Waals surface area contributed by atoms with Crippen LogP contribution in [0.25, 0.3) is 0 Å². The standard InChI is InChI=1S/C31H38O11/c1-15-19(34)13-31(42-17(3)33)26(40-27(38)18-10-8-7-9-11-18)24-29(6,25(37)23(36)22(15)28(31,4)5)20(35)12-21-30(24,14-39-21)41-16(2)32/h7-11,19-21,23-24,26,34-36H,12-14H2,1-6H3/t19-,20-,21-,23+,24?,26-,29-,30-,31+/m0/s1. The molecule has 9 atom stereocenters. The third kappa shape index (κ3) is 4.00. The first-order valence-corrected chi connectivity index (χ1v) is 14.1. The van der Waals surface area contributed by atoms with Crippen LogP contribution >= 0.6 is 0 Å². The van der Waals surface area contributed by atoms with Crippen molar-refractivity contribution in [2.45, 2.75) is 96.1 Å². The van der Waals surface area contributed by atoms with Crippen molar-refractivity contribution in [1.29, 1.82) is 0 Å². The second-order valence-corrected chi connectivity index (χ2v) is 12.7. The summed E-state index contributed by atoms with van der Waals surface area (Å²) in [5.41, 5.74) is -6.20. The number of hydrogen-bond donors (Lipinski definition) is 3. The maximum absolute atomic E-state index is 14.5. The Balaban J connectivity index is 1.88. The number of carbonyl (C=O) groups excluding carboxylic acids is 4. The maximum atomic E-state index is 14.5. The Bertz CT molecular complexity index is 1350. The van der Waals surface area contributed by atoms with E-state index in [2.05, 4.69) is 0 Å². The first-order chi connectivity index (χ1) is 19.5. The molecule has 11 nitrogen and oxygen atoms in total. The van der Waals surface area contributed by atoms with Gasteiger partial charge in [-0.2, -0.15) is 0 Å². The Kier molecular flexibility index (Phi) is 7.20. The number of hydrogen-bond acceptors (Lipinski definition) is 11. The summed E-state index contributed by atoms with van der Waals surface area (Å²) in [5.74, 6) is -4.46. The summed E-state index contributed by atoms with van der Waals surface area (Å²) in [5, 5.41) is 34.7. The lowest BCUT2D eigenvalue weighted by Crippen LogP contribution is -2.82. The molecule has 0 radical (unpaired) electrons. The van der Waals surface area contributed by atoms with Gasteiger partial charge in [0.2, 0.25) is 0 Å². The highest BCUT2D eigenvalue weighted by atomic mass is 16.6. The first kappa shape index (κ1) is 30.3. The molecule has 1 heterocycles. The Labute approximate surface area is 243 Å². The molecule has 3 fully saturated rings. The number of rotatable bonds is 4. The second-order valence-electron chi connectivity index (χ2n) is 12.7. The Morgan fingerprint density at radius 1 is 0.976 bits per heavy atom. The minimum atomic E-state index is -1.89. The third-order valence-electron chi connectivity index (χ3n) is 10.2. The summed E-state index contributed by atoms with van der Waals surface area (Å²) < 4.78 is 24.2. The summed E-state index contributed by atoms with van der Waals surface area (Å²) in [7, 11) is 0. The van der Waals surface area contributed by atoms with E-state index in [-0.39, 0.29) is 30.6 Å². The third-order valence-corrected chi connectivity index (χ3v) is 10.2. The highest BCUT2D eigenvalue weighted by Gasteiger charge is 2.78. The van der Waals surface area contributed by atoms with Crippen LogP contribution in [-0.4, -0.2) is 87.3 Å². The highest BCUT2D eigenvalue weighted by Crippen LogP contribution is 2.64. The number of aliphatic hydroxyl groups is 3. The van der Waals surface area contributed by atoms with Crippen LogP contribution in [-0.2, 0) is 33.3 Å². The molecule has 0 aromatic heterocycles. The van der Waals surface area contributed by atoms with Gasteiger partial charge in [0.1, 0.15) is 12.2 Å². The smallest absolute Gasteiger partial charge is 0.338 e. The molecule has 0 amide bonds. The van der Waals surface area contributed by atoms with Crippen molar-refractivity contribution in [1.82, 2.24) is 0 Å². The molecule has 2 bridgehead atoms. The molecular weight excluding hydrogens is 548 g/mol. The molecular formula is C31H38O11. The van der Waals surface area contributed by atoms with Crippen LogP contribution in [0.2, 0.25) is 0 Å². The minimum absolute atomic E-state index is 0.105. The average molecular weight is 587 g/mol. The summed E-state index contributed by atoms with van der Waals surface area (Å²) in [6, 6.07) is 8.05. The molecule has 1 aromatic carbocycles. The lowest BCUT2D eigenvalue weighted by molar-refractivity contribution is -0.346. The van der Waals surface area contributed by atoms with Gasteiger partial charge in [-0.1, -0.05) is 32.0 Å². The lowest BCUT2D eigenvalue weighted by atomic mass is 9.44. The van der Waals surface area contributed by atoms with Gasteiger partial charge in [-0.15, -0.1) is 0 Å². The van der Waals surface area contributed by atoms with Crippen LogP contribution in [0.3, 0.4) is 0 Å². The van der Waals surface area contributed by atoms with Crippen LogP contribution in [0.1, 0.15) is 64.7 Å². The average Bonchev–Trinajstić information content (AvgIpc) is 2.90. The van der Waals surface area contributed by atoms with E-state index < -0.39 is 82.2 Å². The molecule has 1 unspecified atom stereocenters. The lowest BCUT2D eigenvalue weighted by Gasteiger charge is -2.67. The predicted octanol–water partition coefficient (Wildman–Crippen LogP) is 1.65. The van der Waals surface area contributed by atoms with E-state index in [1.165, 1.54) is 32.9 Å². The van der Waals surface area contributed by atoms with Crippen molar-refractivity contribution in [3.63, 3.8) is 0 Å².